The van der Waals surface area contributed by atoms with Gasteiger partial charge in [-0.3, -0.25) is 19.7 Å². The zero-order chi connectivity index (χ0) is 22.8. The van der Waals surface area contributed by atoms with E-state index >= 15 is 0 Å². The van der Waals surface area contributed by atoms with Crippen LogP contribution in [0, 0.1) is 10.1 Å². The maximum atomic E-state index is 13.4. The van der Waals surface area contributed by atoms with Gasteiger partial charge < -0.3 is 19.2 Å². The molecule has 0 fully saturated rings. The van der Waals surface area contributed by atoms with Crippen molar-refractivity contribution in [1.82, 2.24) is 4.90 Å². The first kappa shape index (κ1) is 21.3. The van der Waals surface area contributed by atoms with Gasteiger partial charge in [0.05, 0.1) is 16.5 Å². The molecule has 32 heavy (non-hydrogen) atoms. The van der Waals surface area contributed by atoms with Crippen molar-refractivity contribution in [3.05, 3.63) is 87.4 Å². The molecule has 2 aromatic carbocycles. The highest BCUT2D eigenvalue weighted by atomic mass is 16.6. The molecule has 0 saturated carbocycles. The summed E-state index contributed by atoms with van der Waals surface area (Å²) in [6, 6.07) is 13.3. The van der Waals surface area contributed by atoms with Gasteiger partial charge >= 0.3 is 0 Å². The molecule has 9 heteroatoms. The fraction of sp³-hybridized carbons (Fsp3) is 0.217. The summed E-state index contributed by atoms with van der Waals surface area (Å²) >= 11 is 0. The van der Waals surface area contributed by atoms with E-state index in [1.807, 2.05) is 0 Å². The molecule has 2 heterocycles. The number of carbonyl (C=O) groups excluding carboxylic acids is 2. The van der Waals surface area contributed by atoms with E-state index in [2.05, 4.69) is 0 Å². The number of hydrogen-bond acceptors (Lipinski definition) is 7. The molecule has 0 spiro atoms. The van der Waals surface area contributed by atoms with Crippen LogP contribution in [0.1, 0.15) is 28.6 Å². The Bertz CT molecular complexity index is 1210. The third-order valence-corrected chi connectivity index (χ3v) is 5.34. The van der Waals surface area contributed by atoms with E-state index in [1.54, 1.807) is 36.4 Å². The van der Waals surface area contributed by atoms with Crippen LogP contribution in [0.4, 0.5) is 5.69 Å². The van der Waals surface area contributed by atoms with Crippen molar-refractivity contribution < 1.29 is 28.8 Å². The van der Waals surface area contributed by atoms with Gasteiger partial charge in [-0.1, -0.05) is 30.3 Å². The van der Waals surface area contributed by atoms with Crippen LogP contribution in [0.3, 0.4) is 0 Å². The van der Waals surface area contributed by atoms with Crippen LogP contribution in [-0.2, 0) is 9.53 Å². The molecule has 1 N–H and O–H groups in total. The van der Waals surface area contributed by atoms with Crippen molar-refractivity contribution >= 4 is 28.3 Å². The van der Waals surface area contributed by atoms with Gasteiger partial charge in [-0.2, -0.15) is 0 Å². The number of aliphatic hydroxyl groups is 1. The summed E-state index contributed by atoms with van der Waals surface area (Å²) in [6.45, 7) is 0.542. The van der Waals surface area contributed by atoms with Crippen LogP contribution in [0.25, 0.3) is 11.0 Å². The number of methoxy groups -OCH3 is 1. The van der Waals surface area contributed by atoms with Gasteiger partial charge in [0.2, 0.25) is 5.78 Å². The number of ether oxygens (including phenoxy) is 1. The number of nitro groups is 1. The second-order valence-corrected chi connectivity index (χ2v) is 7.34. The number of amides is 1. The number of para-hydroxylation sites is 1. The van der Waals surface area contributed by atoms with E-state index in [-0.39, 0.29) is 23.6 Å². The highest BCUT2D eigenvalue weighted by Crippen LogP contribution is 2.40. The molecule has 1 amide bonds. The van der Waals surface area contributed by atoms with E-state index < -0.39 is 28.4 Å². The number of fused-ring (bicyclic) bond motifs is 1. The number of hydrogen-bond donors (Lipinski definition) is 1. The zero-order valence-corrected chi connectivity index (χ0v) is 17.2. The van der Waals surface area contributed by atoms with Gasteiger partial charge in [0.1, 0.15) is 5.58 Å². The Balaban J connectivity index is 1.80. The standard InChI is InChI=1S/C23H20N2O7/c1-31-11-5-10-24-20(15-7-4-8-16(12-15)25(29)30)19(22(27)23(24)28)21(26)18-13-14-6-2-3-9-17(14)32-18/h2-4,6-9,12-13,20,27H,5,10-11H2,1H3. The van der Waals surface area contributed by atoms with E-state index in [0.717, 1.165) is 0 Å². The van der Waals surface area contributed by atoms with Crippen molar-refractivity contribution in [2.75, 3.05) is 20.3 Å². The lowest BCUT2D eigenvalue weighted by molar-refractivity contribution is -0.384. The molecule has 3 aromatic rings. The van der Waals surface area contributed by atoms with Crippen LogP contribution in [0.15, 0.2) is 70.3 Å². The van der Waals surface area contributed by atoms with E-state index in [1.165, 1.54) is 30.2 Å². The van der Waals surface area contributed by atoms with E-state index in [9.17, 15) is 24.8 Å². The lowest BCUT2D eigenvalue weighted by Crippen LogP contribution is -2.32. The second-order valence-electron chi connectivity index (χ2n) is 7.34. The average Bonchev–Trinajstić information content (AvgIpc) is 3.33. The number of aliphatic hydroxyl groups excluding tert-OH is 1. The topological polar surface area (TPSA) is 123 Å². The van der Waals surface area contributed by atoms with Crippen molar-refractivity contribution in [2.45, 2.75) is 12.5 Å². The molecule has 164 valence electrons. The molecule has 4 rings (SSSR count). The van der Waals surface area contributed by atoms with Crippen LogP contribution < -0.4 is 0 Å². The van der Waals surface area contributed by atoms with Gasteiger partial charge in [-0.25, -0.2) is 0 Å². The largest absolute Gasteiger partial charge is 0.503 e. The number of non-ortho nitro benzene ring substituents is 1. The van der Waals surface area contributed by atoms with Crippen molar-refractivity contribution in [3.63, 3.8) is 0 Å². The van der Waals surface area contributed by atoms with Gasteiger partial charge in [0.25, 0.3) is 11.6 Å². The Labute approximate surface area is 182 Å². The van der Waals surface area contributed by atoms with Crippen molar-refractivity contribution in [2.24, 2.45) is 0 Å². The van der Waals surface area contributed by atoms with Crippen LogP contribution in [0.5, 0.6) is 0 Å². The van der Waals surface area contributed by atoms with E-state index in [0.29, 0.717) is 29.6 Å². The summed E-state index contributed by atoms with van der Waals surface area (Å²) in [5, 5.41) is 22.7. The highest BCUT2D eigenvalue weighted by molar-refractivity contribution is 6.16. The summed E-state index contributed by atoms with van der Waals surface area (Å²) in [5.74, 6) is -2.10. The first-order valence-corrected chi connectivity index (χ1v) is 9.93. The Morgan fingerprint density at radius 1 is 1.22 bits per heavy atom. The summed E-state index contributed by atoms with van der Waals surface area (Å²) in [7, 11) is 1.52. The summed E-state index contributed by atoms with van der Waals surface area (Å²) in [4.78, 5) is 38.3. The Kier molecular flexibility index (Phi) is 5.74. The average molecular weight is 436 g/mol. The number of carbonyl (C=O) groups is 2. The van der Waals surface area contributed by atoms with Gasteiger partial charge in [0.15, 0.2) is 11.5 Å². The molecule has 1 aromatic heterocycles. The molecule has 0 radical (unpaired) electrons. The number of nitrogens with zero attached hydrogens (tertiary/aromatic N) is 2. The predicted octanol–water partition coefficient (Wildman–Crippen LogP) is 3.96. The predicted molar refractivity (Wildman–Crippen MR) is 114 cm³/mol. The van der Waals surface area contributed by atoms with Crippen LogP contribution >= 0.6 is 0 Å². The first-order valence-electron chi connectivity index (χ1n) is 9.93. The monoisotopic (exact) mass is 436 g/mol. The van der Waals surface area contributed by atoms with Crippen LogP contribution in [0.2, 0.25) is 0 Å². The zero-order valence-electron chi connectivity index (χ0n) is 17.2. The SMILES string of the molecule is COCCCN1C(=O)C(O)=C(C(=O)c2cc3ccccc3o2)C1c1cccc([N+](=O)[O-])c1. The smallest absolute Gasteiger partial charge is 0.290 e. The Morgan fingerprint density at radius 2 is 2.00 bits per heavy atom. The summed E-state index contributed by atoms with van der Waals surface area (Å²) in [6.07, 6.45) is 0.451. The Morgan fingerprint density at radius 3 is 2.72 bits per heavy atom. The molecule has 0 bridgehead atoms. The molecular weight excluding hydrogens is 416 g/mol. The maximum absolute atomic E-state index is 13.4. The molecule has 0 aliphatic carbocycles. The number of nitro benzene ring substituents is 1. The number of ketones is 1. The molecule has 1 aliphatic heterocycles. The van der Waals surface area contributed by atoms with Crippen molar-refractivity contribution in [1.29, 1.82) is 0 Å². The minimum absolute atomic E-state index is 0.0327. The molecule has 9 nitrogen and oxygen atoms in total. The molecular formula is C23H20N2O7. The normalized spacial score (nSPS) is 16.2. The number of benzene rings is 2. The third kappa shape index (κ3) is 3.74. The highest BCUT2D eigenvalue weighted by Gasteiger charge is 2.44. The lowest BCUT2D eigenvalue weighted by atomic mass is 9.94. The fourth-order valence-corrected chi connectivity index (χ4v) is 3.88. The van der Waals surface area contributed by atoms with Gasteiger partial charge in [0, 0.05) is 37.8 Å². The summed E-state index contributed by atoms with van der Waals surface area (Å²) in [5.41, 5.74) is 0.471. The van der Waals surface area contributed by atoms with Gasteiger partial charge in [-0.15, -0.1) is 0 Å². The van der Waals surface area contributed by atoms with Crippen molar-refractivity contribution in [3.8, 4) is 0 Å². The maximum Gasteiger partial charge on any atom is 0.290 e. The fourth-order valence-electron chi connectivity index (χ4n) is 3.88. The van der Waals surface area contributed by atoms with E-state index in [4.69, 9.17) is 9.15 Å². The molecule has 1 unspecified atom stereocenters. The number of rotatable bonds is 8. The Hall–Kier alpha value is -3.98. The number of furan rings is 1. The number of Topliss-reactive ketones (excluding diaryl/α,β-unsaturated/α-hetero) is 1. The molecule has 1 aliphatic rings. The van der Waals surface area contributed by atoms with Crippen LogP contribution in [-0.4, -0.2) is 46.9 Å². The minimum atomic E-state index is -1.00. The minimum Gasteiger partial charge on any atom is -0.503 e. The summed E-state index contributed by atoms with van der Waals surface area (Å²) < 4.78 is 10.7. The quantitative estimate of drug-likeness (QED) is 0.245. The molecule has 0 saturated heterocycles. The third-order valence-electron chi connectivity index (χ3n) is 5.34. The van der Waals surface area contributed by atoms with Gasteiger partial charge in [-0.05, 0) is 24.1 Å². The lowest BCUT2D eigenvalue weighted by Gasteiger charge is -2.26. The molecule has 1 atom stereocenters. The first-order chi connectivity index (χ1) is 15.4. The second kappa shape index (κ2) is 8.64.